The molecule has 0 aliphatic heterocycles. The highest BCUT2D eigenvalue weighted by Crippen LogP contribution is 2.34. The third kappa shape index (κ3) is 3.41. The van der Waals surface area contributed by atoms with Crippen LogP contribution in [0.3, 0.4) is 0 Å². The number of aryl methyl sites for hydroxylation is 2. The van der Waals surface area contributed by atoms with Crippen molar-refractivity contribution in [2.75, 3.05) is 5.32 Å². The first-order valence-corrected chi connectivity index (χ1v) is 7.50. The molecule has 0 aliphatic rings. The number of hydrogen-bond acceptors (Lipinski definition) is 1. The van der Waals surface area contributed by atoms with Crippen LogP contribution in [0.25, 0.3) is 0 Å². The zero-order valence-electron chi connectivity index (χ0n) is 11.6. The summed E-state index contributed by atoms with van der Waals surface area (Å²) >= 11 is 18.2. The number of benzene rings is 2. The van der Waals surface area contributed by atoms with Crippen LogP contribution in [0.1, 0.15) is 29.7 Å². The van der Waals surface area contributed by atoms with Crippen LogP contribution in [0, 0.1) is 13.8 Å². The second-order valence-corrected chi connectivity index (χ2v) is 6.19. The number of hydrogen-bond donors (Lipinski definition) is 1. The summed E-state index contributed by atoms with van der Waals surface area (Å²) in [4.78, 5) is 0. The van der Waals surface area contributed by atoms with Gasteiger partial charge in [-0.2, -0.15) is 0 Å². The van der Waals surface area contributed by atoms with Crippen LogP contribution in [0.15, 0.2) is 30.3 Å². The smallest absolute Gasteiger partial charge is 0.0653 e. The normalized spacial score (nSPS) is 12.3. The SMILES string of the molecule is Cc1ccc(C)c(C(C)Nc2cc(Cl)c(Cl)cc2Cl)c1. The quantitative estimate of drug-likeness (QED) is 0.639. The van der Waals surface area contributed by atoms with Crippen molar-refractivity contribution in [1.82, 2.24) is 0 Å². The molecule has 106 valence electrons. The van der Waals surface area contributed by atoms with Gasteiger partial charge in [0.2, 0.25) is 0 Å². The highest BCUT2D eigenvalue weighted by atomic mass is 35.5. The summed E-state index contributed by atoms with van der Waals surface area (Å²) in [5, 5.41) is 4.91. The predicted octanol–water partition coefficient (Wildman–Crippen LogP) is 6.44. The zero-order chi connectivity index (χ0) is 14.9. The summed E-state index contributed by atoms with van der Waals surface area (Å²) in [7, 11) is 0. The van der Waals surface area contributed by atoms with E-state index in [9.17, 15) is 0 Å². The van der Waals surface area contributed by atoms with Crippen LogP contribution in [0.2, 0.25) is 15.1 Å². The molecular formula is C16H16Cl3N. The number of rotatable bonds is 3. The Morgan fingerprint density at radius 2 is 1.55 bits per heavy atom. The summed E-state index contributed by atoms with van der Waals surface area (Å²) in [6.07, 6.45) is 0. The molecule has 0 saturated heterocycles. The molecule has 1 atom stereocenters. The van der Waals surface area contributed by atoms with Gasteiger partial charge in [0.05, 0.1) is 20.8 Å². The molecule has 0 saturated carbocycles. The van der Waals surface area contributed by atoms with Gasteiger partial charge in [0.25, 0.3) is 0 Å². The van der Waals surface area contributed by atoms with Gasteiger partial charge in [0, 0.05) is 6.04 Å². The molecule has 20 heavy (non-hydrogen) atoms. The van der Waals surface area contributed by atoms with Gasteiger partial charge in [0.1, 0.15) is 0 Å². The van der Waals surface area contributed by atoms with Crippen LogP contribution in [-0.4, -0.2) is 0 Å². The third-order valence-corrected chi connectivity index (χ3v) is 4.32. The Morgan fingerprint density at radius 1 is 0.900 bits per heavy atom. The van der Waals surface area contributed by atoms with E-state index in [2.05, 4.69) is 44.3 Å². The lowest BCUT2D eigenvalue weighted by Gasteiger charge is -2.19. The molecule has 0 aromatic heterocycles. The molecule has 1 nitrogen and oxygen atoms in total. The summed E-state index contributed by atoms with van der Waals surface area (Å²) in [5.74, 6) is 0. The average Bonchev–Trinajstić information content (AvgIpc) is 2.38. The Kier molecular flexibility index (Phi) is 4.85. The first-order valence-electron chi connectivity index (χ1n) is 6.36. The van der Waals surface area contributed by atoms with Crippen LogP contribution in [0.4, 0.5) is 5.69 Å². The van der Waals surface area contributed by atoms with Crippen molar-refractivity contribution in [1.29, 1.82) is 0 Å². The van der Waals surface area contributed by atoms with Gasteiger partial charge in [0.15, 0.2) is 0 Å². The lowest BCUT2D eigenvalue weighted by atomic mass is 10.00. The monoisotopic (exact) mass is 327 g/mol. The Balaban J connectivity index is 2.30. The van der Waals surface area contributed by atoms with Crippen molar-refractivity contribution in [3.63, 3.8) is 0 Å². The fourth-order valence-electron chi connectivity index (χ4n) is 2.17. The van der Waals surface area contributed by atoms with Crippen molar-refractivity contribution >= 4 is 40.5 Å². The minimum atomic E-state index is 0.129. The molecule has 0 heterocycles. The van der Waals surface area contributed by atoms with E-state index in [0.717, 1.165) is 5.69 Å². The largest absolute Gasteiger partial charge is 0.377 e. The van der Waals surface area contributed by atoms with Gasteiger partial charge in [-0.3, -0.25) is 0 Å². The minimum Gasteiger partial charge on any atom is -0.377 e. The topological polar surface area (TPSA) is 12.0 Å². The van der Waals surface area contributed by atoms with Gasteiger partial charge >= 0.3 is 0 Å². The molecule has 1 unspecified atom stereocenters. The van der Waals surface area contributed by atoms with Gasteiger partial charge in [-0.05, 0) is 44.0 Å². The van der Waals surface area contributed by atoms with Crippen LogP contribution >= 0.6 is 34.8 Å². The Labute approximate surface area is 134 Å². The summed E-state index contributed by atoms with van der Waals surface area (Å²) in [5.41, 5.74) is 4.51. The second kappa shape index (κ2) is 6.26. The Bertz CT molecular complexity index is 638. The molecule has 0 aliphatic carbocycles. The van der Waals surface area contributed by atoms with Gasteiger partial charge < -0.3 is 5.32 Å². The van der Waals surface area contributed by atoms with Gasteiger partial charge in [-0.15, -0.1) is 0 Å². The van der Waals surface area contributed by atoms with E-state index in [1.54, 1.807) is 12.1 Å². The first kappa shape index (κ1) is 15.5. The maximum Gasteiger partial charge on any atom is 0.0653 e. The van der Waals surface area contributed by atoms with Gasteiger partial charge in [-0.25, -0.2) is 0 Å². The van der Waals surface area contributed by atoms with E-state index in [-0.39, 0.29) is 6.04 Å². The number of anilines is 1. The maximum absolute atomic E-state index is 6.20. The van der Waals surface area contributed by atoms with Crippen LogP contribution < -0.4 is 5.32 Å². The zero-order valence-corrected chi connectivity index (χ0v) is 13.9. The van der Waals surface area contributed by atoms with E-state index in [0.29, 0.717) is 15.1 Å². The molecule has 1 N–H and O–H groups in total. The lowest BCUT2D eigenvalue weighted by molar-refractivity contribution is 0.872. The molecule has 0 amide bonds. The Hall–Kier alpha value is -0.890. The molecule has 0 radical (unpaired) electrons. The molecule has 2 aromatic rings. The molecule has 4 heteroatoms. The highest BCUT2D eigenvalue weighted by Gasteiger charge is 2.12. The number of nitrogens with one attached hydrogen (secondary N) is 1. The Morgan fingerprint density at radius 3 is 2.25 bits per heavy atom. The van der Waals surface area contributed by atoms with Crippen molar-refractivity contribution in [2.45, 2.75) is 26.8 Å². The molecule has 2 aromatic carbocycles. The fraction of sp³-hybridized carbons (Fsp3) is 0.250. The lowest BCUT2D eigenvalue weighted by Crippen LogP contribution is -2.09. The first-order chi connectivity index (χ1) is 9.38. The van der Waals surface area contributed by atoms with Crippen molar-refractivity contribution < 1.29 is 0 Å². The maximum atomic E-state index is 6.20. The van der Waals surface area contributed by atoms with E-state index < -0.39 is 0 Å². The molecule has 0 fully saturated rings. The summed E-state index contributed by atoms with van der Waals surface area (Å²) in [6, 6.07) is 9.96. The number of halogens is 3. The average molecular weight is 329 g/mol. The van der Waals surface area contributed by atoms with E-state index in [1.165, 1.54) is 16.7 Å². The third-order valence-electron chi connectivity index (χ3n) is 3.28. The van der Waals surface area contributed by atoms with Crippen LogP contribution in [0.5, 0.6) is 0 Å². The molecule has 0 spiro atoms. The van der Waals surface area contributed by atoms with E-state index >= 15 is 0 Å². The fourth-order valence-corrected chi connectivity index (χ4v) is 2.77. The summed E-state index contributed by atoms with van der Waals surface area (Å²) < 4.78 is 0. The summed E-state index contributed by atoms with van der Waals surface area (Å²) in [6.45, 7) is 6.28. The minimum absolute atomic E-state index is 0.129. The molecular weight excluding hydrogens is 313 g/mol. The van der Waals surface area contributed by atoms with Crippen molar-refractivity contribution in [3.05, 3.63) is 62.1 Å². The van der Waals surface area contributed by atoms with E-state index in [1.807, 2.05) is 0 Å². The second-order valence-electron chi connectivity index (χ2n) is 4.97. The molecule has 2 rings (SSSR count). The van der Waals surface area contributed by atoms with E-state index in [4.69, 9.17) is 34.8 Å². The van der Waals surface area contributed by atoms with Crippen LogP contribution in [-0.2, 0) is 0 Å². The molecule has 0 bridgehead atoms. The highest BCUT2D eigenvalue weighted by molar-refractivity contribution is 6.44. The van der Waals surface area contributed by atoms with Crippen molar-refractivity contribution in [3.8, 4) is 0 Å². The standard InChI is InChI=1S/C16H16Cl3N/c1-9-4-5-10(2)12(6-9)11(3)20-16-8-14(18)13(17)7-15(16)19/h4-8,11,20H,1-3H3. The predicted molar refractivity (Wildman–Crippen MR) is 89.4 cm³/mol. The van der Waals surface area contributed by atoms with Crippen molar-refractivity contribution in [2.24, 2.45) is 0 Å². The van der Waals surface area contributed by atoms with Gasteiger partial charge in [-0.1, -0.05) is 58.6 Å².